The smallest absolute Gasteiger partial charge is 0.256 e. The predicted molar refractivity (Wildman–Crippen MR) is 112 cm³/mol. The summed E-state index contributed by atoms with van der Waals surface area (Å²) in [5, 5.41) is 5.75. The number of carbonyl (C=O) groups excluding carboxylic acids is 2. The summed E-state index contributed by atoms with van der Waals surface area (Å²) in [6.07, 6.45) is 1.57. The molecule has 5 nitrogen and oxygen atoms in total. The number of furan rings is 1. The minimum Gasteiger partial charge on any atom is -0.467 e. The molecule has 0 aliphatic heterocycles. The first kappa shape index (κ1) is 19.8. The van der Waals surface area contributed by atoms with E-state index < -0.39 is 0 Å². The molecule has 0 aliphatic rings. The summed E-state index contributed by atoms with van der Waals surface area (Å²) in [7, 11) is 0. The molecule has 1 heterocycles. The highest BCUT2D eigenvalue weighted by atomic mass is 32.2. The molecule has 0 atom stereocenters. The number of rotatable bonds is 7. The summed E-state index contributed by atoms with van der Waals surface area (Å²) in [4.78, 5) is 25.6. The molecule has 0 saturated carbocycles. The molecule has 0 bridgehead atoms. The highest BCUT2D eigenvalue weighted by Crippen LogP contribution is 2.24. The molecule has 28 heavy (non-hydrogen) atoms. The van der Waals surface area contributed by atoms with E-state index >= 15 is 0 Å². The van der Waals surface area contributed by atoms with Crippen LogP contribution in [0.3, 0.4) is 0 Å². The quantitative estimate of drug-likeness (QED) is 0.577. The second-order valence-electron chi connectivity index (χ2n) is 6.47. The highest BCUT2D eigenvalue weighted by Gasteiger charge is 2.13. The van der Waals surface area contributed by atoms with Crippen molar-refractivity contribution in [2.75, 3.05) is 11.1 Å². The third kappa shape index (κ3) is 5.50. The van der Waals surface area contributed by atoms with Gasteiger partial charge in [-0.15, -0.1) is 11.8 Å². The van der Waals surface area contributed by atoms with Crippen molar-refractivity contribution in [2.24, 2.45) is 0 Å². The van der Waals surface area contributed by atoms with Crippen LogP contribution in [0.4, 0.5) is 5.69 Å². The first-order valence-corrected chi connectivity index (χ1v) is 9.90. The van der Waals surface area contributed by atoms with Crippen LogP contribution >= 0.6 is 11.8 Å². The molecule has 0 aliphatic carbocycles. The monoisotopic (exact) mass is 394 g/mol. The Hall–Kier alpha value is -2.99. The molecule has 0 fully saturated rings. The van der Waals surface area contributed by atoms with Crippen molar-refractivity contribution < 1.29 is 14.0 Å². The van der Waals surface area contributed by atoms with E-state index in [9.17, 15) is 9.59 Å². The van der Waals surface area contributed by atoms with Gasteiger partial charge in [-0.1, -0.05) is 18.2 Å². The van der Waals surface area contributed by atoms with Crippen molar-refractivity contribution in [2.45, 2.75) is 25.3 Å². The van der Waals surface area contributed by atoms with Gasteiger partial charge in [-0.25, -0.2) is 0 Å². The number of aryl methyl sites for hydroxylation is 2. The molecule has 3 rings (SSSR count). The fraction of sp³-hybridized carbons (Fsp3) is 0.182. The Bertz CT molecular complexity index is 947. The van der Waals surface area contributed by atoms with E-state index in [1.54, 1.807) is 24.5 Å². The van der Waals surface area contributed by atoms with Crippen LogP contribution in [0.15, 0.2) is 70.2 Å². The minimum absolute atomic E-state index is 0.120. The number of thioether (sulfide) groups is 1. The standard InChI is InChI=1S/C22H22N2O3S/c1-15-10-16(2)12-17(11-15)24-22(26)19-7-3-4-8-20(19)28-14-21(25)23-13-18-6-5-9-27-18/h3-12H,13-14H2,1-2H3,(H,23,25)(H,24,26). The first-order valence-electron chi connectivity index (χ1n) is 8.92. The highest BCUT2D eigenvalue weighted by molar-refractivity contribution is 8.00. The molecule has 0 spiro atoms. The average Bonchev–Trinajstić information content (AvgIpc) is 3.17. The van der Waals surface area contributed by atoms with Crippen LogP contribution < -0.4 is 10.6 Å². The van der Waals surface area contributed by atoms with Gasteiger partial charge >= 0.3 is 0 Å². The normalized spacial score (nSPS) is 10.5. The Morgan fingerprint density at radius 2 is 1.75 bits per heavy atom. The van der Waals surface area contributed by atoms with Gasteiger partial charge in [-0.2, -0.15) is 0 Å². The van der Waals surface area contributed by atoms with Crippen molar-refractivity contribution in [1.29, 1.82) is 0 Å². The fourth-order valence-electron chi connectivity index (χ4n) is 2.82. The summed E-state index contributed by atoms with van der Waals surface area (Å²) in [6.45, 7) is 4.34. The molecule has 0 radical (unpaired) electrons. The number of anilines is 1. The van der Waals surface area contributed by atoms with Crippen molar-refractivity contribution in [1.82, 2.24) is 5.32 Å². The van der Waals surface area contributed by atoms with Gasteiger partial charge in [-0.3, -0.25) is 9.59 Å². The molecular weight excluding hydrogens is 372 g/mol. The largest absolute Gasteiger partial charge is 0.467 e. The van der Waals surface area contributed by atoms with Gasteiger partial charge in [0.15, 0.2) is 0 Å². The van der Waals surface area contributed by atoms with Gasteiger partial charge in [0.2, 0.25) is 5.91 Å². The Morgan fingerprint density at radius 1 is 1.00 bits per heavy atom. The van der Waals surface area contributed by atoms with E-state index in [1.165, 1.54) is 11.8 Å². The molecule has 2 aromatic carbocycles. The van der Waals surface area contributed by atoms with Gasteiger partial charge < -0.3 is 15.1 Å². The van der Waals surface area contributed by atoms with E-state index in [1.807, 2.05) is 44.2 Å². The SMILES string of the molecule is Cc1cc(C)cc(NC(=O)c2ccccc2SCC(=O)NCc2ccco2)c1. The van der Waals surface area contributed by atoms with Gasteiger partial charge in [0, 0.05) is 10.6 Å². The third-order valence-electron chi connectivity index (χ3n) is 4.01. The summed E-state index contributed by atoms with van der Waals surface area (Å²) in [5.41, 5.74) is 3.49. The molecule has 3 aromatic rings. The van der Waals surface area contributed by atoms with Crippen molar-refractivity contribution >= 4 is 29.3 Å². The molecule has 6 heteroatoms. The maximum absolute atomic E-state index is 12.7. The molecule has 2 N–H and O–H groups in total. The molecule has 2 amide bonds. The molecule has 1 aromatic heterocycles. The van der Waals surface area contributed by atoms with Crippen LogP contribution in [0.5, 0.6) is 0 Å². The first-order chi connectivity index (χ1) is 13.5. The molecule has 0 unspecified atom stereocenters. The van der Waals surface area contributed by atoms with E-state index in [2.05, 4.69) is 16.7 Å². The minimum atomic E-state index is -0.191. The van der Waals surface area contributed by atoms with Gasteiger partial charge in [0.05, 0.1) is 24.1 Å². The van der Waals surface area contributed by atoms with Crippen molar-refractivity contribution in [3.05, 3.63) is 83.3 Å². The lowest BCUT2D eigenvalue weighted by molar-refractivity contribution is -0.118. The van der Waals surface area contributed by atoms with Crippen LogP contribution in [0, 0.1) is 13.8 Å². The zero-order chi connectivity index (χ0) is 19.9. The Morgan fingerprint density at radius 3 is 2.46 bits per heavy atom. The lowest BCUT2D eigenvalue weighted by atomic mass is 10.1. The second-order valence-corrected chi connectivity index (χ2v) is 7.49. The third-order valence-corrected chi connectivity index (χ3v) is 5.08. The zero-order valence-electron chi connectivity index (χ0n) is 15.8. The average molecular weight is 394 g/mol. The summed E-state index contributed by atoms with van der Waals surface area (Å²) in [6, 6.07) is 16.8. The van der Waals surface area contributed by atoms with E-state index in [-0.39, 0.29) is 17.6 Å². The number of benzene rings is 2. The number of nitrogens with one attached hydrogen (secondary N) is 2. The van der Waals surface area contributed by atoms with Gasteiger partial charge in [0.25, 0.3) is 5.91 Å². The molecular formula is C22H22N2O3S. The van der Waals surface area contributed by atoms with Crippen molar-refractivity contribution in [3.63, 3.8) is 0 Å². The fourth-order valence-corrected chi connectivity index (χ4v) is 3.70. The lowest BCUT2D eigenvalue weighted by Gasteiger charge is -2.11. The van der Waals surface area contributed by atoms with Gasteiger partial charge in [-0.05, 0) is 61.4 Å². The van der Waals surface area contributed by atoms with Crippen LogP contribution in [0.2, 0.25) is 0 Å². The topological polar surface area (TPSA) is 71.3 Å². The maximum Gasteiger partial charge on any atom is 0.256 e. The second kappa shape index (κ2) is 9.28. The number of amides is 2. The number of hydrogen-bond acceptors (Lipinski definition) is 4. The van der Waals surface area contributed by atoms with Crippen LogP contribution in [-0.4, -0.2) is 17.6 Å². The number of hydrogen-bond donors (Lipinski definition) is 2. The summed E-state index contributed by atoms with van der Waals surface area (Å²) < 4.78 is 5.20. The molecule has 144 valence electrons. The van der Waals surface area contributed by atoms with Crippen LogP contribution in [0.1, 0.15) is 27.2 Å². The Labute approximate surface area is 168 Å². The van der Waals surface area contributed by atoms with Crippen molar-refractivity contribution in [3.8, 4) is 0 Å². The van der Waals surface area contributed by atoms with Crippen LogP contribution in [0.25, 0.3) is 0 Å². The number of carbonyl (C=O) groups is 2. The lowest BCUT2D eigenvalue weighted by Crippen LogP contribution is -2.24. The summed E-state index contributed by atoms with van der Waals surface area (Å²) >= 11 is 1.33. The zero-order valence-corrected chi connectivity index (χ0v) is 16.6. The Balaban J connectivity index is 1.61. The van der Waals surface area contributed by atoms with E-state index in [0.29, 0.717) is 17.9 Å². The summed E-state index contributed by atoms with van der Waals surface area (Å²) in [5.74, 6) is 0.607. The van der Waals surface area contributed by atoms with Crippen LogP contribution in [-0.2, 0) is 11.3 Å². The Kier molecular flexibility index (Phi) is 6.55. The predicted octanol–water partition coefficient (Wildman–Crippen LogP) is 4.56. The maximum atomic E-state index is 12.7. The van der Waals surface area contributed by atoms with E-state index in [4.69, 9.17) is 4.42 Å². The van der Waals surface area contributed by atoms with E-state index in [0.717, 1.165) is 21.7 Å². The molecule has 0 saturated heterocycles. The van der Waals surface area contributed by atoms with Gasteiger partial charge in [0.1, 0.15) is 5.76 Å².